The maximum absolute atomic E-state index is 12.1. The SMILES string of the molecule is CCNC1COCC1C(=O)NCCSc1ccccc1. The van der Waals surface area contributed by atoms with Crippen LogP contribution in [0.3, 0.4) is 0 Å². The largest absolute Gasteiger partial charge is 0.379 e. The molecule has 4 nitrogen and oxygen atoms in total. The lowest BCUT2D eigenvalue weighted by molar-refractivity contribution is -0.125. The van der Waals surface area contributed by atoms with Gasteiger partial charge >= 0.3 is 0 Å². The van der Waals surface area contributed by atoms with Gasteiger partial charge in [-0.05, 0) is 18.7 Å². The first-order valence-electron chi connectivity index (χ1n) is 7.08. The van der Waals surface area contributed by atoms with Gasteiger partial charge in [0.25, 0.3) is 0 Å². The minimum Gasteiger partial charge on any atom is -0.379 e. The van der Waals surface area contributed by atoms with Gasteiger partial charge in [0, 0.05) is 23.2 Å². The molecule has 0 aliphatic carbocycles. The molecule has 1 amide bonds. The number of thioether (sulfide) groups is 1. The van der Waals surface area contributed by atoms with E-state index in [2.05, 4.69) is 22.8 Å². The van der Waals surface area contributed by atoms with Gasteiger partial charge in [0.1, 0.15) is 0 Å². The van der Waals surface area contributed by atoms with E-state index in [0.717, 1.165) is 12.3 Å². The van der Waals surface area contributed by atoms with Gasteiger partial charge in [-0.1, -0.05) is 25.1 Å². The summed E-state index contributed by atoms with van der Waals surface area (Å²) in [6.07, 6.45) is 0. The molecule has 1 aliphatic heterocycles. The summed E-state index contributed by atoms with van der Waals surface area (Å²) in [5, 5.41) is 6.30. The monoisotopic (exact) mass is 294 g/mol. The van der Waals surface area contributed by atoms with E-state index in [4.69, 9.17) is 4.74 Å². The fourth-order valence-electron chi connectivity index (χ4n) is 2.27. The smallest absolute Gasteiger partial charge is 0.227 e. The van der Waals surface area contributed by atoms with E-state index in [9.17, 15) is 4.79 Å². The van der Waals surface area contributed by atoms with Crippen LogP contribution in [0.15, 0.2) is 35.2 Å². The third-order valence-corrected chi connectivity index (χ3v) is 4.31. The molecule has 1 fully saturated rings. The second kappa shape index (κ2) is 8.29. The molecular formula is C15H22N2O2S. The first-order valence-corrected chi connectivity index (χ1v) is 8.06. The second-order valence-corrected chi connectivity index (χ2v) is 5.93. The van der Waals surface area contributed by atoms with Crippen LogP contribution in [0.4, 0.5) is 0 Å². The van der Waals surface area contributed by atoms with E-state index >= 15 is 0 Å². The van der Waals surface area contributed by atoms with Crippen molar-refractivity contribution in [2.45, 2.75) is 17.9 Å². The first kappa shape index (κ1) is 15.4. The van der Waals surface area contributed by atoms with Gasteiger partial charge in [0.15, 0.2) is 0 Å². The van der Waals surface area contributed by atoms with Crippen molar-refractivity contribution in [2.24, 2.45) is 5.92 Å². The number of nitrogens with one attached hydrogen (secondary N) is 2. The summed E-state index contributed by atoms with van der Waals surface area (Å²) >= 11 is 1.75. The van der Waals surface area contributed by atoms with E-state index in [1.165, 1.54) is 4.90 Å². The van der Waals surface area contributed by atoms with Gasteiger partial charge in [-0.25, -0.2) is 0 Å². The minimum absolute atomic E-state index is 0.0586. The molecule has 5 heteroatoms. The molecule has 1 saturated heterocycles. The Hall–Kier alpha value is -1.04. The fraction of sp³-hybridized carbons (Fsp3) is 0.533. The first-order chi connectivity index (χ1) is 9.81. The molecular weight excluding hydrogens is 272 g/mol. The average Bonchev–Trinajstić information content (AvgIpc) is 2.93. The molecule has 2 rings (SSSR count). The Bertz CT molecular complexity index is 414. The topological polar surface area (TPSA) is 50.4 Å². The molecule has 20 heavy (non-hydrogen) atoms. The van der Waals surface area contributed by atoms with E-state index in [1.807, 2.05) is 25.1 Å². The van der Waals surface area contributed by atoms with Crippen LogP contribution >= 0.6 is 11.8 Å². The highest BCUT2D eigenvalue weighted by molar-refractivity contribution is 7.99. The van der Waals surface area contributed by atoms with Crippen molar-refractivity contribution < 1.29 is 9.53 Å². The van der Waals surface area contributed by atoms with Crippen molar-refractivity contribution in [1.82, 2.24) is 10.6 Å². The standard InChI is InChI=1S/C15H22N2O2S/c1-2-16-14-11-19-10-13(14)15(18)17-8-9-20-12-6-4-3-5-7-12/h3-7,13-14,16H,2,8-11H2,1H3,(H,17,18). The normalized spacial score (nSPS) is 21.9. The summed E-state index contributed by atoms with van der Waals surface area (Å²) in [6, 6.07) is 10.4. The predicted octanol–water partition coefficient (Wildman–Crippen LogP) is 1.52. The number of rotatable bonds is 7. The number of likely N-dealkylation sites (N-methyl/N-ethyl adjacent to an activating group) is 1. The Morgan fingerprint density at radius 3 is 2.90 bits per heavy atom. The molecule has 0 aromatic heterocycles. The van der Waals surface area contributed by atoms with Crippen LogP contribution in [-0.2, 0) is 9.53 Å². The van der Waals surface area contributed by atoms with Gasteiger partial charge in [0.2, 0.25) is 5.91 Å². The third-order valence-electron chi connectivity index (χ3n) is 3.30. The summed E-state index contributed by atoms with van der Waals surface area (Å²) in [4.78, 5) is 13.3. The minimum atomic E-state index is -0.0586. The Balaban J connectivity index is 1.67. The van der Waals surface area contributed by atoms with Crippen molar-refractivity contribution in [3.05, 3.63) is 30.3 Å². The molecule has 2 unspecified atom stereocenters. The zero-order valence-electron chi connectivity index (χ0n) is 11.8. The molecule has 1 heterocycles. The van der Waals surface area contributed by atoms with Gasteiger partial charge in [-0.2, -0.15) is 0 Å². The molecule has 2 atom stereocenters. The summed E-state index contributed by atoms with van der Waals surface area (Å²) in [5.41, 5.74) is 0. The number of amides is 1. The Labute approximate surface area is 124 Å². The van der Waals surface area contributed by atoms with E-state index in [-0.39, 0.29) is 17.9 Å². The molecule has 110 valence electrons. The highest BCUT2D eigenvalue weighted by atomic mass is 32.2. The summed E-state index contributed by atoms with van der Waals surface area (Å²) in [7, 11) is 0. The lowest BCUT2D eigenvalue weighted by Crippen LogP contribution is -2.44. The summed E-state index contributed by atoms with van der Waals surface area (Å²) in [5.74, 6) is 0.925. The molecule has 1 aromatic carbocycles. The van der Waals surface area contributed by atoms with Gasteiger partial charge in [-0.3, -0.25) is 4.79 Å². The zero-order chi connectivity index (χ0) is 14.2. The van der Waals surface area contributed by atoms with Crippen LogP contribution in [-0.4, -0.2) is 44.0 Å². The second-order valence-electron chi connectivity index (χ2n) is 4.76. The number of ether oxygens (including phenoxy) is 1. The lowest BCUT2D eigenvalue weighted by Gasteiger charge is -2.17. The number of hydrogen-bond donors (Lipinski definition) is 2. The Kier molecular flexibility index (Phi) is 6.36. The van der Waals surface area contributed by atoms with Crippen LogP contribution < -0.4 is 10.6 Å². The zero-order valence-corrected chi connectivity index (χ0v) is 12.6. The molecule has 2 N–H and O–H groups in total. The van der Waals surface area contributed by atoms with Crippen molar-refractivity contribution in [3.63, 3.8) is 0 Å². The van der Waals surface area contributed by atoms with Crippen molar-refractivity contribution in [3.8, 4) is 0 Å². The molecule has 0 radical (unpaired) electrons. The average molecular weight is 294 g/mol. The number of carbonyl (C=O) groups excluding carboxylic acids is 1. The van der Waals surface area contributed by atoms with Crippen LogP contribution in [0.25, 0.3) is 0 Å². The van der Waals surface area contributed by atoms with E-state index < -0.39 is 0 Å². The fourth-order valence-corrected chi connectivity index (χ4v) is 3.06. The van der Waals surface area contributed by atoms with Gasteiger partial charge in [0.05, 0.1) is 19.1 Å². The van der Waals surface area contributed by atoms with Crippen LogP contribution in [0.5, 0.6) is 0 Å². The predicted molar refractivity (Wildman–Crippen MR) is 81.9 cm³/mol. The van der Waals surface area contributed by atoms with E-state index in [1.54, 1.807) is 11.8 Å². The van der Waals surface area contributed by atoms with E-state index in [0.29, 0.717) is 19.8 Å². The van der Waals surface area contributed by atoms with Crippen molar-refractivity contribution in [2.75, 3.05) is 32.1 Å². The van der Waals surface area contributed by atoms with Crippen LogP contribution in [0.2, 0.25) is 0 Å². The highest BCUT2D eigenvalue weighted by Crippen LogP contribution is 2.16. The highest BCUT2D eigenvalue weighted by Gasteiger charge is 2.33. The molecule has 0 spiro atoms. The van der Waals surface area contributed by atoms with Crippen LogP contribution in [0.1, 0.15) is 6.92 Å². The van der Waals surface area contributed by atoms with Gasteiger partial charge in [-0.15, -0.1) is 11.8 Å². The van der Waals surface area contributed by atoms with Crippen molar-refractivity contribution in [1.29, 1.82) is 0 Å². The third kappa shape index (κ3) is 4.51. The summed E-state index contributed by atoms with van der Waals surface area (Å²) < 4.78 is 5.39. The molecule has 0 bridgehead atoms. The number of benzene rings is 1. The maximum atomic E-state index is 12.1. The Morgan fingerprint density at radius 1 is 1.35 bits per heavy atom. The maximum Gasteiger partial charge on any atom is 0.227 e. The molecule has 1 aliphatic rings. The number of hydrogen-bond acceptors (Lipinski definition) is 4. The molecule has 1 aromatic rings. The summed E-state index contributed by atoms with van der Waals surface area (Å²) in [6.45, 7) is 4.75. The van der Waals surface area contributed by atoms with Crippen molar-refractivity contribution >= 4 is 17.7 Å². The lowest BCUT2D eigenvalue weighted by atomic mass is 10.0. The van der Waals surface area contributed by atoms with Gasteiger partial charge < -0.3 is 15.4 Å². The molecule has 0 saturated carbocycles. The number of carbonyl (C=O) groups is 1. The Morgan fingerprint density at radius 2 is 2.15 bits per heavy atom. The quantitative estimate of drug-likeness (QED) is 0.591. The van der Waals surface area contributed by atoms with Crippen LogP contribution in [0, 0.1) is 5.92 Å².